The molecule has 0 atom stereocenters. The van der Waals surface area contributed by atoms with Gasteiger partial charge in [0.05, 0.1) is 18.4 Å². The molecule has 21 heavy (non-hydrogen) atoms. The molecule has 116 valence electrons. The second kappa shape index (κ2) is 6.56. The van der Waals surface area contributed by atoms with Crippen LogP contribution in [0.2, 0.25) is 0 Å². The molecular weight excluding hydrogens is 277 g/mol. The van der Waals surface area contributed by atoms with Crippen molar-refractivity contribution in [2.75, 3.05) is 19.0 Å². The zero-order chi connectivity index (χ0) is 16.2. The van der Waals surface area contributed by atoms with Crippen LogP contribution < -0.4 is 5.32 Å². The number of nitrogens with one attached hydrogen (secondary N) is 1. The smallest absolute Gasteiger partial charge is 0.338 e. The highest BCUT2D eigenvalue weighted by molar-refractivity contribution is 5.91. The van der Waals surface area contributed by atoms with Gasteiger partial charge in [-0.05, 0) is 45.4 Å². The summed E-state index contributed by atoms with van der Waals surface area (Å²) in [5, 5.41) is 2.66. The normalized spacial score (nSPS) is 11.0. The number of hydrogen-bond acceptors (Lipinski definition) is 5. The Labute approximate surface area is 123 Å². The molecule has 0 amide bonds. The number of anilines is 1. The summed E-state index contributed by atoms with van der Waals surface area (Å²) < 4.78 is 23.6. The fourth-order valence-electron chi connectivity index (χ4n) is 1.69. The molecule has 6 heteroatoms. The molecule has 0 spiro atoms. The van der Waals surface area contributed by atoms with Crippen molar-refractivity contribution in [3.8, 4) is 0 Å². The highest BCUT2D eigenvalue weighted by Gasteiger charge is 2.17. The van der Waals surface area contributed by atoms with Crippen LogP contribution in [-0.2, 0) is 14.3 Å². The summed E-state index contributed by atoms with van der Waals surface area (Å²) in [6, 6.07) is 2.53. The lowest BCUT2D eigenvalue weighted by Crippen LogP contribution is -2.28. The highest BCUT2D eigenvalue weighted by Crippen LogP contribution is 2.20. The maximum atomic E-state index is 13.9. The summed E-state index contributed by atoms with van der Waals surface area (Å²) in [4.78, 5) is 23.0. The van der Waals surface area contributed by atoms with Crippen molar-refractivity contribution in [3.05, 3.63) is 29.1 Å². The van der Waals surface area contributed by atoms with Gasteiger partial charge in [-0.15, -0.1) is 0 Å². The molecule has 0 bridgehead atoms. The quantitative estimate of drug-likeness (QED) is 0.866. The van der Waals surface area contributed by atoms with Gasteiger partial charge in [0.1, 0.15) is 18.0 Å². The minimum Gasteiger partial charge on any atom is -0.465 e. The summed E-state index contributed by atoms with van der Waals surface area (Å²) in [5.41, 5.74) is 0.237. The molecule has 0 unspecified atom stereocenters. The van der Waals surface area contributed by atoms with Crippen molar-refractivity contribution in [1.82, 2.24) is 0 Å². The van der Waals surface area contributed by atoms with Crippen molar-refractivity contribution >= 4 is 17.6 Å². The number of benzene rings is 1. The predicted molar refractivity (Wildman–Crippen MR) is 76.8 cm³/mol. The van der Waals surface area contributed by atoms with Crippen molar-refractivity contribution in [2.24, 2.45) is 0 Å². The van der Waals surface area contributed by atoms with Crippen molar-refractivity contribution in [3.63, 3.8) is 0 Å². The van der Waals surface area contributed by atoms with Gasteiger partial charge < -0.3 is 14.8 Å². The first-order chi connectivity index (χ1) is 9.64. The van der Waals surface area contributed by atoms with Crippen LogP contribution >= 0.6 is 0 Å². The number of ether oxygens (including phenoxy) is 2. The lowest BCUT2D eigenvalue weighted by Gasteiger charge is -2.20. The van der Waals surface area contributed by atoms with Gasteiger partial charge in [0, 0.05) is 0 Å². The molecule has 1 aromatic carbocycles. The topological polar surface area (TPSA) is 64.6 Å². The van der Waals surface area contributed by atoms with E-state index in [-0.39, 0.29) is 17.8 Å². The van der Waals surface area contributed by atoms with Crippen LogP contribution in [0.15, 0.2) is 12.1 Å². The van der Waals surface area contributed by atoms with E-state index in [4.69, 9.17) is 4.74 Å². The minimum absolute atomic E-state index is 0.131. The van der Waals surface area contributed by atoms with Gasteiger partial charge in [0.15, 0.2) is 0 Å². The molecular formula is C15H20FNO4. The molecule has 0 aliphatic heterocycles. The Bertz CT molecular complexity index is 549. The van der Waals surface area contributed by atoms with Crippen LogP contribution in [0.4, 0.5) is 10.1 Å². The van der Waals surface area contributed by atoms with Gasteiger partial charge in [-0.2, -0.15) is 0 Å². The fraction of sp³-hybridized carbons (Fsp3) is 0.467. The third kappa shape index (κ3) is 5.06. The van der Waals surface area contributed by atoms with Crippen LogP contribution in [0.1, 0.15) is 36.7 Å². The summed E-state index contributed by atoms with van der Waals surface area (Å²) in [7, 11) is 1.23. The first-order valence-corrected chi connectivity index (χ1v) is 6.48. The monoisotopic (exact) mass is 297 g/mol. The largest absolute Gasteiger partial charge is 0.465 e. The second-order valence-electron chi connectivity index (χ2n) is 5.58. The van der Waals surface area contributed by atoms with Gasteiger partial charge in [-0.1, -0.05) is 0 Å². The number of hydrogen-bond donors (Lipinski definition) is 1. The van der Waals surface area contributed by atoms with Crippen molar-refractivity contribution < 1.29 is 23.5 Å². The van der Waals surface area contributed by atoms with E-state index in [0.29, 0.717) is 5.56 Å². The number of aryl methyl sites for hydroxylation is 1. The fourth-order valence-corrected chi connectivity index (χ4v) is 1.69. The lowest BCUT2D eigenvalue weighted by molar-refractivity contribution is -0.152. The van der Waals surface area contributed by atoms with Crippen LogP contribution in [0.3, 0.4) is 0 Å². The summed E-state index contributed by atoms with van der Waals surface area (Å²) in [6.45, 7) is 6.75. The number of esters is 2. The lowest BCUT2D eigenvalue weighted by atomic mass is 10.1. The van der Waals surface area contributed by atoms with Gasteiger partial charge in [0.25, 0.3) is 0 Å². The van der Waals surface area contributed by atoms with Gasteiger partial charge in [0.2, 0.25) is 0 Å². The number of halogens is 1. The average Bonchev–Trinajstić information content (AvgIpc) is 2.36. The number of methoxy groups -OCH3 is 1. The van der Waals surface area contributed by atoms with Gasteiger partial charge in [-0.25, -0.2) is 9.18 Å². The molecule has 0 saturated carbocycles. The van der Waals surface area contributed by atoms with Crippen LogP contribution in [0.25, 0.3) is 0 Å². The van der Waals surface area contributed by atoms with Crippen molar-refractivity contribution in [1.29, 1.82) is 0 Å². The zero-order valence-electron chi connectivity index (χ0n) is 12.9. The molecule has 0 saturated heterocycles. The summed E-state index contributed by atoms with van der Waals surface area (Å²) >= 11 is 0. The van der Waals surface area contributed by atoms with Crippen LogP contribution in [0.5, 0.6) is 0 Å². The Morgan fingerprint density at radius 3 is 2.43 bits per heavy atom. The zero-order valence-corrected chi connectivity index (χ0v) is 12.9. The number of rotatable bonds is 4. The maximum Gasteiger partial charge on any atom is 0.338 e. The highest BCUT2D eigenvalue weighted by atomic mass is 19.1. The molecule has 0 aliphatic carbocycles. The number of carbonyl (C=O) groups is 2. The van der Waals surface area contributed by atoms with E-state index in [9.17, 15) is 14.0 Å². The van der Waals surface area contributed by atoms with E-state index < -0.39 is 23.4 Å². The molecule has 0 aromatic heterocycles. The Kier molecular flexibility index (Phi) is 5.29. The van der Waals surface area contributed by atoms with Crippen LogP contribution in [0, 0.1) is 12.7 Å². The van der Waals surface area contributed by atoms with E-state index in [1.54, 1.807) is 27.7 Å². The Balaban J connectivity index is 2.80. The van der Waals surface area contributed by atoms with E-state index in [0.717, 1.165) is 6.07 Å². The Morgan fingerprint density at radius 1 is 1.29 bits per heavy atom. The third-order valence-corrected chi connectivity index (χ3v) is 2.56. The molecule has 0 radical (unpaired) electrons. The van der Waals surface area contributed by atoms with E-state index in [1.165, 1.54) is 13.2 Å². The molecule has 0 heterocycles. The molecule has 1 aromatic rings. The third-order valence-electron chi connectivity index (χ3n) is 2.56. The molecule has 0 aliphatic rings. The minimum atomic E-state index is -0.635. The molecule has 1 N–H and O–H groups in total. The van der Waals surface area contributed by atoms with Gasteiger partial charge >= 0.3 is 11.9 Å². The van der Waals surface area contributed by atoms with Crippen molar-refractivity contribution in [2.45, 2.75) is 33.3 Å². The van der Waals surface area contributed by atoms with E-state index >= 15 is 0 Å². The SMILES string of the molecule is COC(=O)c1cc(F)c(NCC(=O)OC(C)(C)C)cc1C. The molecule has 5 nitrogen and oxygen atoms in total. The number of carbonyl (C=O) groups excluding carboxylic acids is 2. The summed E-state index contributed by atoms with van der Waals surface area (Å²) in [5.74, 6) is -1.73. The first kappa shape index (κ1) is 16.9. The van der Waals surface area contributed by atoms with Crippen LogP contribution in [-0.4, -0.2) is 31.2 Å². The first-order valence-electron chi connectivity index (χ1n) is 6.48. The summed E-state index contributed by atoms with van der Waals surface area (Å²) in [6.07, 6.45) is 0. The maximum absolute atomic E-state index is 13.9. The molecule has 1 rings (SSSR count). The predicted octanol–water partition coefficient (Wildman–Crippen LogP) is 2.67. The second-order valence-corrected chi connectivity index (χ2v) is 5.58. The van der Waals surface area contributed by atoms with E-state index in [1.807, 2.05) is 0 Å². The Hall–Kier alpha value is -2.11. The van der Waals surface area contributed by atoms with Gasteiger partial charge in [-0.3, -0.25) is 4.79 Å². The Morgan fingerprint density at radius 2 is 1.90 bits per heavy atom. The van der Waals surface area contributed by atoms with E-state index in [2.05, 4.69) is 10.1 Å². The molecule has 0 fully saturated rings. The standard InChI is InChI=1S/C15H20FNO4/c1-9-6-12(11(16)7-10(9)14(19)20-5)17-8-13(18)21-15(2,3)4/h6-7,17H,8H2,1-5H3. The average molecular weight is 297 g/mol.